The fourth-order valence-corrected chi connectivity index (χ4v) is 2.07. The third-order valence-electron chi connectivity index (χ3n) is 2.40. The predicted octanol–water partition coefficient (Wildman–Crippen LogP) is 3.39. The molecule has 2 aromatic rings. The summed E-state index contributed by atoms with van der Waals surface area (Å²) in [6.45, 7) is 0.607. The molecule has 2 bridgehead atoms. The maximum atomic E-state index is 10.2. The van der Waals surface area contributed by atoms with Crippen LogP contribution in [-0.2, 0) is 6.61 Å². The highest BCUT2D eigenvalue weighted by Gasteiger charge is 2.10. The zero-order valence-electron chi connectivity index (χ0n) is 9.47. The molecule has 0 amide bonds. The predicted molar refractivity (Wildman–Crippen MR) is 77.0 cm³/mol. The van der Waals surface area contributed by atoms with Gasteiger partial charge in [-0.2, -0.15) is 0 Å². The summed E-state index contributed by atoms with van der Waals surface area (Å²) >= 11 is 2.17. The Kier molecular flexibility index (Phi) is 4.19. The number of hydrogen-bond acceptors (Lipinski definition) is 3. The molecule has 18 heavy (non-hydrogen) atoms. The van der Waals surface area contributed by atoms with Crippen molar-refractivity contribution in [2.45, 2.75) is 6.61 Å². The highest BCUT2D eigenvalue weighted by Crippen LogP contribution is 2.32. The summed E-state index contributed by atoms with van der Waals surface area (Å²) in [7, 11) is 0. The quantitative estimate of drug-likeness (QED) is 0.631. The summed E-state index contributed by atoms with van der Waals surface area (Å²) in [6.07, 6.45) is 0.849. The number of benzene rings is 2. The second-order valence-electron chi connectivity index (χ2n) is 3.76. The van der Waals surface area contributed by atoms with E-state index < -0.39 is 0 Å². The van der Waals surface area contributed by atoms with Crippen LogP contribution in [0.25, 0.3) is 0 Å². The maximum Gasteiger partial charge on any atom is 0.161 e. The van der Waals surface area contributed by atoms with Crippen LogP contribution >= 0.6 is 22.6 Å². The molecule has 1 N–H and O–H groups in total. The van der Waals surface area contributed by atoms with Crippen LogP contribution in [0.4, 0.5) is 0 Å². The molecular weight excluding hydrogens is 343 g/mol. The van der Waals surface area contributed by atoms with E-state index in [0.29, 0.717) is 12.4 Å². The van der Waals surface area contributed by atoms with E-state index in [0.717, 1.165) is 21.0 Å². The molecule has 1 heterocycles. The Bertz CT molecular complexity index is 567. The first-order valence-corrected chi connectivity index (χ1v) is 6.42. The lowest BCUT2D eigenvalue weighted by atomic mass is 10.2. The van der Waals surface area contributed by atoms with Gasteiger partial charge in [-0.15, -0.1) is 0 Å². The van der Waals surface area contributed by atoms with Crippen LogP contribution in [-0.4, -0.2) is 11.4 Å². The Morgan fingerprint density at radius 2 is 2.06 bits per heavy atom. The number of phenolic OH excluding ortho intramolecular Hbond substituents is 1. The molecule has 1 aliphatic heterocycles. The minimum Gasteiger partial charge on any atom is -0.504 e. The first-order chi connectivity index (χ1) is 8.69. The number of hydrogen-bond donors (Lipinski definition) is 1. The van der Waals surface area contributed by atoms with Gasteiger partial charge < -0.3 is 9.84 Å². The standard InChI is InChI=1S/C7H5IO.C7H6O2/c8-7-3-1-2-6(4-7)5-9;8-6-2-1-5-3-7(6)9-4-5/h1-5H;1-3,8H,4H2. The van der Waals surface area contributed by atoms with Gasteiger partial charge in [-0.05, 0) is 52.4 Å². The van der Waals surface area contributed by atoms with Gasteiger partial charge in [-0.3, -0.25) is 4.79 Å². The van der Waals surface area contributed by atoms with Gasteiger partial charge in [0.2, 0.25) is 0 Å². The van der Waals surface area contributed by atoms with E-state index in [1.165, 1.54) is 0 Å². The van der Waals surface area contributed by atoms with Crippen molar-refractivity contribution in [3.8, 4) is 11.5 Å². The van der Waals surface area contributed by atoms with E-state index in [1.54, 1.807) is 12.1 Å². The molecule has 0 spiro atoms. The number of carbonyl (C=O) groups is 1. The Morgan fingerprint density at radius 3 is 2.67 bits per heavy atom. The number of aromatic hydroxyl groups is 1. The first kappa shape index (κ1) is 12.9. The second kappa shape index (κ2) is 5.86. The number of fused-ring (bicyclic) bond motifs is 2. The number of phenols is 1. The van der Waals surface area contributed by atoms with Crippen molar-refractivity contribution < 1.29 is 14.6 Å². The van der Waals surface area contributed by atoms with Crippen LogP contribution in [0.1, 0.15) is 15.9 Å². The largest absolute Gasteiger partial charge is 0.504 e. The van der Waals surface area contributed by atoms with E-state index in [4.69, 9.17) is 9.84 Å². The SMILES string of the molecule is O=Cc1cccc(I)c1.Oc1ccc2cc1OC2. The van der Waals surface area contributed by atoms with Crippen molar-refractivity contribution in [1.82, 2.24) is 0 Å². The molecule has 0 saturated heterocycles. The van der Waals surface area contributed by atoms with Crippen molar-refractivity contribution in [3.63, 3.8) is 0 Å². The summed E-state index contributed by atoms with van der Waals surface area (Å²) in [5.41, 5.74) is 1.87. The summed E-state index contributed by atoms with van der Waals surface area (Å²) < 4.78 is 6.16. The minimum atomic E-state index is 0.233. The van der Waals surface area contributed by atoms with Gasteiger partial charge in [-0.1, -0.05) is 18.2 Å². The average molecular weight is 354 g/mol. The van der Waals surface area contributed by atoms with Gasteiger partial charge in [0.05, 0.1) is 0 Å². The van der Waals surface area contributed by atoms with Crippen molar-refractivity contribution in [3.05, 3.63) is 57.2 Å². The van der Waals surface area contributed by atoms with E-state index in [2.05, 4.69) is 22.6 Å². The summed E-state index contributed by atoms with van der Waals surface area (Å²) in [6, 6.07) is 12.8. The zero-order valence-corrected chi connectivity index (χ0v) is 11.6. The minimum absolute atomic E-state index is 0.233. The van der Waals surface area contributed by atoms with E-state index in [9.17, 15) is 4.79 Å². The van der Waals surface area contributed by atoms with Crippen LogP contribution in [0.15, 0.2) is 42.5 Å². The fraction of sp³-hybridized carbons (Fsp3) is 0.0714. The molecule has 0 aromatic heterocycles. The molecule has 0 unspecified atom stereocenters. The number of ether oxygens (including phenoxy) is 1. The molecule has 1 aliphatic rings. The molecule has 0 fully saturated rings. The number of rotatable bonds is 1. The maximum absolute atomic E-state index is 10.2. The first-order valence-electron chi connectivity index (χ1n) is 5.34. The molecular formula is C14H11IO3. The lowest BCUT2D eigenvalue weighted by Crippen LogP contribution is -1.81. The van der Waals surface area contributed by atoms with Crippen LogP contribution in [0.2, 0.25) is 0 Å². The van der Waals surface area contributed by atoms with Gasteiger partial charge in [-0.25, -0.2) is 0 Å². The van der Waals surface area contributed by atoms with Crippen LogP contribution < -0.4 is 4.74 Å². The number of carbonyl (C=O) groups excluding carboxylic acids is 1. The summed E-state index contributed by atoms with van der Waals surface area (Å²) in [5.74, 6) is 0.837. The zero-order chi connectivity index (χ0) is 13.0. The number of aldehydes is 1. The third-order valence-corrected chi connectivity index (χ3v) is 3.07. The molecule has 2 aromatic carbocycles. The van der Waals surface area contributed by atoms with Crippen LogP contribution in [0.5, 0.6) is 11.5 Å². The molecule has 0 atom stereocenters. The van der Waals surface area contributed by atoms with Crippen LogP contribution in [0, 0.1) is 3.57 Å². The van der Waals surface area contributed by atoms with E-state index in [-0.39, 0.29) is 5.75 Å². The molecule has 3 rings (SSSR count). The molecule has 4 heteroatoms. The molecule has 3 nitrogen and oxygen atoms in total. The van der Waals surface area contributed by atoms with Gasteiger partial charge in [0.1, 0.15) is 12.9 Å². The van der Waals surface area contributed by atoms with Crippen molar-refractivity contribution in [2.75, 3.05) is 0 Å². The van der Waals surface area contributed by atoms with E-state index >= 15 is 0 Å². The highest BCUT2D eigenvalue weighted by atomic mass is 127. The molecule has 0 radical (unpaired) electrons. The lowest BCUT2D eigenvalue weighted by Gasteiger charge is -1.93. The summed E-state index contributed by atoms with van der Waals surface area (Å²) in [5, 5.41) is 9.02. The topological polar surface area (TPSA) is 46.5 Å². The highest BCUT2D eigenvalue weighted by molar-refractivity contribution is 14.1. The van der Waals surface area contributed by atoms with Gasteiger partial charge >= 0.3 is 0 Å². The Hall–Kier alpha value is -1.56. The van der Waals surface area contributed by atoms with Crippen molar-refractivity contribution in [2.24, 2.45) is 0 Å². The Balaban J connectivity index is 0.000000134. The molecule has 0 saturated carbocycles. The van der Waals surface area contributed by atoms with E-state index in [1.807, 2.05) is 30.3 Å². The van der Waals surface area contributed by atoms with Gasteiger partial charge in [0.25, 0.3) is 0 Å². The molecule has 92 valence electrons. The van der Waals surface area contributed by atoms with Crippen molar-refractivity contribution >= 4 is 28.9 Å². The smallest absolute Gasteiger partial charge is 0.161 e. The Labute approximate surface area is 119 Å². The average Bonchev–Trinajstić information content (AvgIpc) is 2.79. The van der Waals surface area contributed by atoms with Crippen LogP contribution in [0.3, 0.4) is 0 Å². The second-order valence-corrected chi connectivity index (χ2v) is 5.01. The third kappa shape index (κ3) is 3.22. The Morgan fingerprint density at radius 1 is 1.22 bits per heavy atom. The normalized spacial score (nSPS) is 11.2. The fourth-order valence-electron chi connectivity index (χ4n) is 1.50. The lowest BCUT2D eigenvalue weighted by molar-refractivity contribution is 0.112. The van der Waals surface area contributed by atoms with Gasteiger partial charge in [0, 0.05) is 9.13 Å². The van der Waals surface area contributed by atoms with Gasteiger partial charge in [0.15, 0.2) is 11.5 Å². The summed E-state index contributed by atoms with van der Waals surface area (Å²) in [4.78, 5) is 10.2. The number of halogens is 1. The van der Waals surface area contributed by atoms with Crippen molar-refractivity contribution in [1.29, 1.82) is 0 Å². The monoisotopic (exact) mass is 354 g/mol. The molecule has 0 aliphatic carbocycles.